The fourth-order valence-electron chi connectivity index (χ4n) is 5.06. The summed E-state index contributed by atoms with van der Waals surface area (Å²) in [5.74, 6) is -0.148. The molecule has 5 rings (SSSR count). The summed E-state index contributed by atoms with van der Waals surface area (Å²) in [6, 6.07) is 14.7. The standard InChI is InChI=1S/C25H28N2O3/c1-30-25(29)18-7-5-17(6-8-18)19-9-10-23-20(15-19)11-14-27(24(23)28)22-12-13-26(16-22)21-3-2-4-21/h5-10,15,21-22H,2-4,11-14,16H2,1H3. The Bertz CT molecular complexity index is 965. The smallest absolute Gasteiger partial charge is 0.337 e. The minimum Gasteiger partial charge on any atom is -0.465 e. The number of carbonyl (C=O) groups is 2. The molecule has 3 aliphatic rings. The third kappa shape index (κ3) is 3.41. The van der Waals surface area contributed by atoms with E-state index in [4.69, 9.17) is 4.74 Å². The van der Waals surface area contributed by atoms with Crippen LogP contribution in [0, 0.1) is 0 Å². The highest BCUT2D eigenvalue weighted by Gasteiger charge is 2.37. The van der Waals surface area contributed by atoms with Crippen LogP contribution in [0.2, 0.25) is 0 Å². The number of esters is 1. The second-order valence-electron chi connectivity index (χ2n) is 8.71. The summed E-state index contributed by atoms with van der Waals surface area (Å²) in [4.78, 5) is 29.6. The van der Waals surface area contributed by atoms with E-state index in [-0.39, 0.29) is 11.9 Å². The lowest BCUT2D eigenvalue weighted by Gasteiger charge is -2.37. The number of carbonyl (C=O) groups excluding carboxylic acids is 2. The normalized spacial score (nSPS) is 22.0. The molecule has 2 aromatic carbocycles. The van der Waals surface area contributed by atoms with Gasteiger partial charge in [-0.15, -0.1) is 0 Å². The van der Waals surface area contributed by atoms with Crippen molar-refractivity contribution in [3.63, 3.8) is 0 Å². The predicted molar refractivity (Wildman–Crippen MR) is 116 cm³/mol. The van der Waals surface area contributed by atoms with Crippen LogP contribution in [0.4, 0.5) is 0 Å². The maximum absolute atomic E-state index is 13.2. The van der Waals surface area contributed by atoms with Gasteiger partial charge < -0.3 is 9.64 Å². The molecule has 1 saturated heterocycles. The molecule has 2 aromatic rings. The van der Waals surface area contributed by atoms with Gasteiger partial charge in [0.25, 0.3) is 5.91 Å². The van der Waals surface area contributed by atoms with Crippen molar-refractivity contribution in [2.24, 2.45) is 0 Å². The fraction of sp³-hybridized carbons (Fsp3) is 0.440. The Hall–Kier alpha value is -2.66. The third-order valence-electron chi connectivity index (χ3n) is 7.08. The Labute approximate surface area is 177 Å². The van der Waals surface area contributed by atoms with E-state index >= 15 is 0 Å². The topological polar surface area (TPSA) is 49.9 Å². The monoisotopic (exact) mass is 404 g/mol. The van der Waals surface area contributed by atoms with E-state index in [0.29, 0.717) is 11.6 Å². The molecule has 1 saturated carbocycles. The Morgan fingerprint density at radius 2 is 1.73 bits per heavy atom. The first-order valence-corrected chi connectivity index (χ1v) is 11.0. The van der Waals surface area contributed by atoms with Crippen molar-refractivity contribution < 1.29 is 14.3 Å². The highest BCUT2D eigenvalue weighted by atomic mass is 16.5. The fourth-order valence-corrected chi connectivity index (χ4v) is 5.06. The lowest BCUT2D eigenvalue weighted by atomic mass is 9.92. The van der Waals surface area contributed by atoms with Crippen molar-refractivity contribution in [3.05, 3.63) is 59.2 Å². The second kappa shape index (κ2) is 7.88. The number of rotatable bonds is 4. The van der Waals surface area contributed by atoms with Crippen molar-refractivity contribution in [1.29, 1.82) is 0 Å². The summed E-state index contributed by atoms with van der Waals surface area (Å²) in [7, 11) is 1.39. The van der Waals surface area contributed by atoms with Gasteiger partial charge >= 0.3 is 5.97 Å². The number of hydrogen-bond acceptors (Lipinski definition) is 4. The number of methoxy groups -OCH3 is 1. The molecular weight excluding hydrogens is 376 g/mol. The highest BCUT2D eigenvalue weighted by Crippen LogP contribution is 2.32. The van der Waals surface area contributed by atoms with Crippen LogP contribution >= 0.6 is 0 Å². The highest BCUT2D eigenvalue weighted by molar-refractivity contribution is 5.97. The van der Waals surface area contributed by atoms with Crippen LogP contribution in [0.15, 0.2) is 42.5 Å². The van der Waals surface area contributed by atoms with E-state index in [9.17, 15) is 9.59 Å². The van der Waals surface area contributed by atoms with E-state index in [1.54, 1.807) is 12.1 Å². The van der Waals surface area contributed by atoms with Gasteiger partial charge in [0.1, 0.15) is 0 Å². The summed E-state index contributed by atoms with van der Waals surface area (Å²) in [5, 5.41) is 0. The van der Waals surface area contributed by atoms with Gasteiger partial charge in [0, 0.05) is 37.3 Å². The number of likely N-dealkylation sites (tertiary alicyclic amines) is 1. The van der Waals surface area contributed by atoms with Crippen LogP contribution in [0.3, 0.4) is 0 Å². The first-order valence-electron chi connectivity index (χ1n) is 11.0. The van der Waals surface area contributed by atoms with Gasteiger partial charge in [-0.3, -0.25) is 9.69 Å². The summed E-state index contributed by atoms with van der Waals surface area (Å²) in [6.07, 6.45) is 6.01. The minimum atomic E-state index is -0.333. The van der Waals surface area contributed by atoms with Gasteiger partial charge in [0.15, 0.2) is 0 Å². The number of nitrogens with zero attached hydrogens (tertiary/aromatic N) is 2. The molecule has 0 spiro atoms. The molecule has 5 nitrogen and oxygen atoms in total. The van der Waals surface area contributed by atoms with Crippen LogP contribution in [-0.4, -0.2) is 60.5 Å². The van der Waals surface area contributed by atoms with Gasteiger partial charge in [-0.1, -0.05) is 30.7 Å². The zero-order valence-electron chi connectivity index (χ0n) is 17.5. The molecule has 0 aromatic heterocycles. The molecular formula is C25H28N2O3. The maximum atomic E-state index is 13.2. The number of ether oxygens (including phenoxy) is 1. The largest absolute Gasteiger partial charge is 0.465 e. The first-order chi connectivity index (χ1) is 14.6. The summed E-state index contributed by atoms with van der Waals surface area (Å²) >= 11 is 0. The molecule has 1 atom stereocenters. The summed E-state index contributed by atoms with van der Waals surface area (Å²) in [5.41, 5.74) is 4.62. The van der Waals surface area contributed by atoms with Crippen LogP contribution in [-0.2, 0) is 11.2 Å². The van der Waals surface area contributed by atoms with Crippen LogP contribution in [0.5, 0.6) is 0 Å². The molecule has 1 amide bonds. The zero-order valence-corrected chi connectivity index (χ0v) is 17.5. The molecule has 2 heterocycles. The van der Waals surface area contributed by atoms with Gasteiger partial charge in [-0.2, -0.15) is 0 Å². The van der Waals surface area contributed by atoms with E-state index in [1.165, 1.54) is 26.4 Å². The second-order valence-corrected chi connectivity index (χ2v) is 8.71. The maximum Gasteiger partial charge on any atom is 0.337 e. The Kier molecular flexibility index (Phi) is 5.07. The predicted octanol–water partition coefficient (Wildman–Crippen LogP) is 3.77. The molecule has 1 unspecified atom stereocenters. The molecule has 2 aliphatic heterocycles. The van der Waals surface area contributed by atoms with Gasteiger partial charge in [-0.25, -0.2) is 4.79 Å². The molecule has 0 bridgehead atoms. The minimum absolute atomic E-state index is 0.185. The number of amides is 1. The van der Waals surface area contributed by atoms with Gasteiger partial charge in [0.2, 0.25) is 0 Å². The Morgan fingerprint density at radius 3 is 2.43 bits per heavy atom. The number of benzene rings is 2. The molecule has 156 valence electrons. The van der Waals surface area contributed by atoms with Crippen LogP contribution in [0.1, 0.15) is 52.0 Å². The number of fused-ring (bicyclic) bond motifs is 1. The Balaban J connectivity index is 1.31. The van der Waals surface area contributed by atoms with Crippen molar-refractivity contribution in [2.45, 2.75) is 44.2 Å². The quantitative estimate of drug-likeness (QED) is 0.728. The molecule has 0 N–H and O–H groups in total. The van der Waals surface area contributed by atoms with Crippen LogP contribution in [0.25, 0.3) is 11.1 Å². The summed E-state index contributed by atoms with van der Waals surface area (Å²) < 4.78 is 4.77. The average Bonchev–Trinajstić information content (AvgIpc) is 3.21. The van der Waals surface area contributed by atoms with E-state index in [1.807, 2.05) is 24.3 Å². The SMILES string of the molecule is COC(=O)c1ccc(-c2ccc3c(c2)CCN(C2CCN(C4CCC4)C2)C3=O)cc1. The van der Waals surface area contributed by atoms with E-state index < -0.39 is 0 Å². The van der Waals surface area contributed by atoms with E-state index in [0.717, 1.165) is 60.8 Å². The first kappa shape index (κ1) is 19.3. The molecule has 2 fully saturated rings. The third-order valence-corrected chi connectivity index (χ3v) is 7.08. The average molecular weight is 405 g/mol. The van der Waals surface area contributed by atoms with Crippen LogP contribution < -0.4 is 0 Å². The number of hydrogen-bond donors (Lipinski definition) is 0. The van der Waals surface area contributed by atoms with Crippen molar-refractivity contribution in [3.8, 4) is 11.1 Å². The molecule has 0 radical (unpaired) electrons. The van der Waals surface area contributed by atoms with Crippen molar-refractivity contribution in [1.82, 2.24) is 9.80 Å². The molecule has 30 heavy (non-hydrogen) atoms. The lowest BCUT2D eigenvalue weighted by molar-refractivity contribution is 0.0599. The lowest BCUT2D eigenvalue weighted by Crippen LogP contribution is -2.47. The Morgan fingerprint density at radius 1 is 0.967 bits per heavy atom. The molecule has 1 aliphatic carbocycles. The zero-order chi connectivity index (χ0) is 20.7. The van der Waals surface area contributed by atoms with Gasteiger partial charge in [0.05, 0.1) is 12.7 Å². The van der Waals surface area contributed by atoms with E-state index in [2.05, 4.69) is 15.9 Å². The molecule has 5 heteroatoms. The van der Waals surface area contributed by atoms with Crippen molar-refractivity contribution in [2.75, 3.05) is 26.7 Å². The summed E-state index contributed by atoms with van der Waals surface area (Å²) in [6.45, 7) is 2.97. The van der Waals surface area contributed by atoms with Gasteiger partial charge in [-0.05, 0) is 60.6 Å². The van der Waals surface area contributed by atoms with Crippen molar-refractivity contribution >= 4 is 11.9 Å².